The van der Waals surface area contributed by atoms with E-state index in [0.717, 1.165) is 62.5 Å². The second-order valence-corrected chi connectivity index (χ2v) is 17.0. The number of benzene rings is 9. The van der Waals surface area contributed by atoms with Gasteiger partial charge in [-0.1, -0.05) is 146 Å². The first-order valence-corrected chi connectivity index (χ1v) is 22.4. The van der Waals surface area contributed by atoms with Gasteiger partial charge in [0.2, 0.25) is 0 Å². The largest absolute Gasteiger partial charge is 0.416 e. The van der Waals surface area contributed by atoms with Gasteiger partial charge in [-0.05, 0) is 77.9 Å². The minimum atomic E-state index is -4.72. The Balaban J connectivity index is 1.26. The van der Waals surface area contributed by atoms with Gasteiger partial charge in [-0.15, -0.1) is 0 Å². The number of fused-ring (bicyclic) bond motifs is 7. The van der Waals surface area contributed by atoms with E-state index in [1.54, 1.807) is 24.3 Å². The van der Waals surface area contributed by atoms with Crippen LogP contribution in [0.15, 0.2) is 212 Å². The van der Waals surface area contributed by atoms with Gasteiger partial charge >= 0.3 is 12.4 Å². The predicted molar refractivity (Wildman–Crippen MR) is 266 cm³/mol. The fourth-order valence-corrected chi connectivity index (χ4v) is 9.70. The van der Waals surface area contributed by atoms with Crippen molar-refractivity contribution < 1.29 is 26.3 Å². The van der Waals surface area contributed by atoms with Crippen LogP contribution in [0.25, 0.3) is 111 Å². The maximum Gasteiger partial charge on any atom is 0.416 e. The summed E-state index contributed by atoms with van der Waals surface area (Å²) in [7, 11) is 0. The van der Waals surface area contributed by atoms with Gasteiger partial charge in [-0.3, -0.25) is 0 Å². The Labute approximate surface area is 396 Å². The monoisotopic (exact) mass is 927 g/mol. The highest BCUT2D eigenvalue weighted by Gasteiger charge is 2.33. The highest BCUT2D eigenvalue weighted by molar-refractivity contribution is 6.26. The van der Waals surface area contributed by atoms with Gasteiger partial charge in [-0.25, -0.2) is 15.0 Å². The first-order valence-electron chi connectivity index (χ1n) is 22.4. The van der Waals surface area contributed by atoms with Gasteiger partial charge < -0.3 is 9.13 Å². The molecule has 0 atom stereocenters. The molecule has 70 heavy (non-hydrogen) atoms. The molecule has 0 aliphatic heterocycles. The van der Waals surface area contributed by atoms with E-state index in [2.05, 4.69) is 16.7 Å². The van der Waals surface area contributed by atoms with Crippen LogP contribution >= 0.6 is 0 Å². The van der Waals surface area contributed by atoms with Crippen LogP contribution in [0.4, 0.5) is 26.3 Å². The average Bonchev–Trinajstić information content (AvgIpc) is 3.91. The van der Waals surface area contributed by atoms with Gasteiger partial charge in [0, 0.05) is 55.0 Å². The lowest BCUT2D eigenvalue weighted by Gasteiger charge is -2.22. The first-order chi connectivity index (χ1) is 34.0. The first kappa shape index (κ1) is 42.5. The standard InChI is InChI=1S/C59H35F6N5/c60-58(61,62)41-22-14-20-38(32-41)47-34-40(57-67-55(36-16-4-1-5-17-36)66-56(68-57)37-18-6-2-7-19-37)35-48(39-21-15-23-42(33-39)59(63,64)65)53(47)70-50-29-13-11-27-46(50)52-51(70)31-30-45-44-26-10-12-28-49(44)69(54(45)52)43-24-8-3-9-25-43/h1-35H. The molecule has 0 bridgehead atoms. The molecule has 0 saturated carbocycles. The number of halogens is 6. The Morgan fingerprint density at radius 3 is 1.30 bits per heavy atom. The second-order valence-electron chi connectivity index (χ2n) is 17.0. The molecule has 0 saturated heterocycles. The van der Waals surface area contributed by atoms with Gasteiger partial charge in [0.05, 0.1) is 38.9 Å². The summed E-state index contributed by atoms with van der Waals surface area (Å²) in [5.41, 5.74) is 5.35. The molecular formula is C59H35F6N5. The van der Waals surface area contributed by atoms with Crippen molar-refractivity contribution in [3.8, 4) is 67.8 Å². The molecule has 12 rings (SSSR count). The number of aromatic nitrogens is 5. The lowest BCUT2D eigenvalue weighted by atomic mass is 9.91. The van der Waals surface area contributed by atoms with Crippen molar-refractivity contribution in [1.82, 2.24) is 24.1 Å². The maximum absolute atomic E-state index is 14.8. The van der Waals surface area contributed by atoms with Crippen LogP contribution in [0.3, 0.4) is 0 Å². The zero-order chi connectivity index (χ0) is 47.7. The lowest BCUT2D eigenvalue weighted by Crippen LogP contribution is -2.07. The zero-order valence-electron chi connectivity index (χ0n) is 36.7. The lowest BCUT2D eigenvalue weighted by molar-refractivity contribution is -0.138. The molecule has 0 N–H and O–H groups in total. The van der Waals surface area contributed by atoms with Crippen LogP contribution in [-0.2, 0) is 12.4 Å². The number of hydrogen-bond donors (Lipinski definition) is 0. The molecule has 0 radical (unpaired) electrons. The van der Waals surface area contributed by atoms with Gasteiger partial charge in [0.1, 0.15) is 0 Å². The molecule has 5 nitrogen and oxygen atoms in total. The highest BCUT2D eigenvalue weighted by atomic mass is 19.4. The molecule has 11 heteroatoms. The van der Waals surface area contributed by atoms with E-state index in [-0.39, 0.29) is 17.0 Å². The molecule has 0 amide bonds. The van der Waals surface area contributed by atoms with E-state index in [0.29, 0.717) is 56.2 Å². The summed E-state index contributed by atoms with van der Waals surface area (Å²) in [4.78, 5) is 14.8. The molecule has 3 aromatic heterocycles. The van der Waals surface area contributed by atoms with Crippen molar-refractivity contribution >= 4 is 43.6 Å². The summed E-state index contributed by atoms with van der Waals surface area (Å²) in [6, 6.07) is 62.0. The molecule has 0 aliphatic rings. The van der Waals surface area contributed by atoms with Crippen LogP contribution in [0, 0.1) is 0 Å². The Kier molecular flexibility index (Phi) is 9.99. The van der Waals surface area contributed by atoms with Crippen LogP contribution in [0.5, 0.6) is 0 Å². The number of hydrogen-bond acceptors (Lipinski definition) is 3. The predicted octanol–water partition coefficient (Wildman–Crippen LogP) is 16.4. The molecule has 9 aromatic carbocycles. The second kappa shape index (κ2) is 16.4. The Bertz CT molecular complexity index is 3830. The Morgan fingerprint density at radius 2 is 0.771 bits per heavy atom. The van der Waals surface area contributed by atoms with Gasteiger partial charge in [-0.2, -0.15) is 26.3 Å². The molecule has 0 aliphatic carbocycles. The summed E-state index contributed by atoms with van der Waals surface area (Å²) in [5, 5.41) is 3.66. The van der Waals surface area contributed by atoms with Crippen molar-refractivity contribution in [3.63, 3.8) is 0 Å². The smallest absolute Gasteiger partial charge is 0.309 e. The van der Waals surface area contributed by atoms with Crippen LogP contribution < -0.4 is 0 Å². The number of para-hydroxylation sites is 3. The van der Waals surface area contributed by atoms with Crippen molar-refractivity contribution in [2.24, 2.45) is 0 Å². The normalized spacial score (nSPS) is 12.1. The van der Waals surface area contributed by atoms with Crippen molar-refractivity contribution in [2.75, 3.05) is 0 Å². The molecule has 0 fully saturated rings. The summed E-state index contributed by atoms with van der Waals surface area (Å²) in [6.45, 7) is 0. The highest BCUT2D eigenvalue weighted by Crippen LogP contribution is 2.48. The van der Waals surface area contributed by atoms with Crippen LogP contribution in [0.2, 0.25) is 0 Å². The van der Waals surface area contributed by atoms with Crippen LogP contribution in [0.1, 0.15) is 11.1 Å². The number of nitrogens with zero attached hydrogens (tertiary/aromatic N) is 5. The summed E-state index contributed by atoms with van der Waals surface area (Å²) in [5.74, 6) is 0.821. The van der Waals surface area contributed by atoms with Crippen molar-refractivity contribution in [1.29, 1.82) is 0 Å². The van der Waals surface area contributed by atoms with E-state index in [4.69, 9.17) is 15.0 Å². The minimum absolute atomic E-state index is 0.164. The molecule has 12 aromatic rings. The van der Waals surface area contributed by atoms with Gasteiger partial charge in [0.25, 0.3) is 0 Å². The third-order valence-corrected chi connectivity index (χ3v) is 12.8. The third kappa shape index (κ3) is 7.25. The fraction of sp³-hybridized carbons (Fsp3) is 0.0339. The fourth-order valence-electron chi connectivity index (χ4n) is 9.70. The Hall–Kier alpha value is -8.83. The molecule has 338 valence electrons. The van der Waals surface area contributed by atoms with E-state index >= 15 is 0 Å². The average molecular weight is 928 g/mol. The molecule has 3 heterocycles. The Morgan fingerprint density at radius 1 is 0.329 bits per heavy atom. The van der Waals surface area contributed by atoms with E-state index in [1.165, 1.54) is 12.1 Å². The molecule has 0 spiro atoms. The van der Waals surface area contributed by atoms with Crippen molar-refractivity contribution in [2.45, 2.75) is 12.4 Å². The van der Waals surface area contributed by atoms with Crippen LogP contribution in [-0.4, -0.2) is 24.1 Å². The van der Waals surface area contributed by atoms with E-state index in [9.17, 15) is 26.3 Å². The number of alkyl halides is 6. The number of rotatable bonds is 7. The summed E-state index contributed by atoms with van der Waals surface area (Å²) < 4.78 is 93.0. The minimum Gasteiger partial charge on any atom is -0.309 e. The molecular weight excluding hydrogens is 893 g/mol. The third-order valence-electron chi connectivity index (χ3n) is 12.8. The van der Waals surface area contributed by atoms with Crippen molar-refractivity contribution in [3.05, 3.63) is 223 Å². The summed E-state index contributed by atoms with van der Waals surface area (Å²) in [6.07, 6.45) is -9.44. The van der Waals surface area contributed by atoms with E-state index in [1.807, 2.05) is 144 Å². The van der Waals surface area contributed by atoms with Gasteiger partial charge in [0.15, 0.2) is 17.5 Å². The quantitative estimate of drug-likeness (QED) is 0.150. The maximum atomic E-state index is 14.8. The summed E-state index contributed by atoms with van der Waals surface area (Å²) >= 11 is 0. The SMILES string of the molecule is FC(F)(F)c1cccc(-c2cc(-c3nc(-c4ccccc4)nc(-c4ccccc4)n3)cc(-c3cccc(C(F)(F)F)c3)c2-n2c3ccccc3c3c2ccc2c4ccccc4n(-c4ccccc4)c23)c1. The van der Waals surface area contributed by atoms with E-state index < -0.39 is 23.5 Å². The topological polar surface area (TPSA) is 48.5 Å². The zero-order valence-corrected chi connectivity index (χ0v) is 36.7. The molecule has 0 unspecified atom stereocenters.